The summed E-state index contributed by atoms with van der Waals surface area (Å²) >= 11 is 0. The molecule has 29 heavy (non-hydrogen) atoms. The zero-order valence-electron chi connectivity index (χ0n) is 16.8. The van der Waals surface area contributed by atoms with Crippen molar-refractivity contribution in [2.24, 2.45) is 4.99 Å². The van der Waals surface area contributed by atoms with Gasteiger partial charge in [-0.15, -0.1) is 0 Å². The zero-order valence-corrected chi connectivity index (χ0v) is 16.8. The second-order valence-corrected chi connectivity index (χ2v) is 7.19. The summed E-state index contributed by atoms with van der Waals surface area (Å²) in [7, 11) is 1.78. The summed E-state index contributed by atoms with van der Waals surface area (Å²) in [5.41, 5.74) is 2.14. The van der Waals surface area contributed by atoms with Gasteiger partial charge in [0.25, 0.3) is 0 Å². The standard InChI is InChI=1S/C22H28N6O/c1-23-22(25-15-19(20-10-7-13-29-20)28-11-5-6-12-28)26-16-21-24-14-18(27-21)17-8-3-2-4-9-17/h2-4,7-10,13-14,19H,5-6,11-12,15-16H2,1H3,(H,24,27)(H2,23,25,26). The number of guanidine groups is 1. The maximum atomic E-state index is 5.69. The minimum atomic E-state index is 0.208. The van der Waals surface area contributed by atoms with Gasteiger partial charge < -0.3 is 20.0 Å². The minimum Gasteiger partial charge on any atom is -0.468 e. The number of hydrogen-bond donors (Lipinski definition) is 3. The maximum absolute atomic E-state index is 5.69. The highest BCUT2D eigenvalue weighted by Crippen LogP contribution is 2.24. The first-order valence-corrected chi connectivity index (χ1v) is 10.1. The van der Waals surface area contributed by atoms with Crippen molar-refractivity contribution >= 4 is 5.96 Å². The van der Waals surface area contributed by atoms with Gasteiger partial charge >= 0.3 is 0 Å². The van der Waals surface area contributed by atoms with Crippen LogP contribution in [0.1, 0.15) is 30.5 Å². The molecule has 0 saturated carbocycles. The molecule has 3 N–H and O–H groups in total. The van der Waals surface area contributed by atoms with Crippen molar-refractivity contribution in [2.45, 2.75) is 25.4 Å². The highest BCUT2D eigenvalue weighted by molar-refractivity contribution is 5.79. The lowest BCUT2D eigenvalue weighted by atomic mass is 10.2. The molecule has 1 unspecified atom stereocenters. The topological polar surface area (TPSA) is 81.5 Å². The Bertz CT molecular complexity index is 897. The molecule has 1 atom stereocenters. The summed E-state index contributed by atoms with van der Waals surface area (Å²) in [4.78, 5) is 14.7. The molecular weight excluding hydrogens is 364 g/mol. The van der Waals surface area contributed by atoms with Gasteiger partial charge in [0.1, 0.15) is 11.6 Å². The van der Waals surface area contributed by atoms with Crippen LogP contribution in [0, 0.1) is 0 Å². The predicted octanol–water partition coefficient (Wildman–Crippen LogP) is 3.17. The van der Waals surface area contributed by atoms with Crippen molar-refractivity contribution in [3.8, 4) is 11.3 Å². The number of H-pyrrole nitrogens is 1. The lowest BCUT2D eigenvalue weighted by Crippen LogP contribution is -2.42. The number of benzene rings is 1. The Kier molecular flexibility index (Phi) is 6.26. The number of nitrogens with zero attached hydrogens (tertiary/aromatic N) is 3. The highest BCUT2D eigenvalue weighted by atomic mass is 16.3. The second-order valence-electron chi connectivity index (χ2n) is 7.19. The Balaban J connectivity index is 1.33. The average Bonchev–Trinajstić information content (AvgIpc) is 3.54. The lowest BCUT2D eigenvalue weighted by molar-refractivity contribution is 0.215. The van der Waals surface area contributed by atoms with Gasteiger partial charge in [0.2, 0.25) is 0 Å². The zero-order chi connectivity index (χ0) is 19.9. The summed E-state index contributed by atoms with van der Waals surface area (Å²) in [6.45, 7) is 3.52. The van der Waals surface area contributed by atoms with Crippen LogP contribution in [0.5, 0.6) is 0 Å². The van der Waals surface area contributed by atoms with Crippen molar-refractivity contribution in [2.75, 3.05) is 26.7 Å². The van der Waals surface area contributed by atoms with Gasteiger partial charge in [0.15, 0.2) is 5.96 Å². The Labute approximate surface area is 171 Å². The fourth-order valence-electron chi connectivity index (χ4n) is 3.74. The fraction of sp³-hybridized carbons (Fsp3) is 0.364. The van der Waals surface area contributed by atoms with E-state index in [0.717, 1.165) is 48.4 Å². The van der Waals surface area contributed by atoms with E-state index in [0.29, 0.717) is 6.54 Å². The largest absolute Gasteiger partial charge is 0.468 e. The van der Waals surface area contributed by atoms with Gasteiger partial charge in [-0.1, -0.05) is 30.3 Å². The Hall–Kier alpha value is -3.06. The Morgan fingerprint density at radius 2 is 2.00 bits per heavy atom. The lowest BCUT2D eigenvalue weighted by Gasteiger charge is -2.26. The van der Waals surface area contributed by atoms with Crippen LogP contribution in [0.2, 0.25) is 0 Å². The molecule has 1 aromatic carbocycles. The summed E-state index contributed by atoms with van der Waals surface area (Å²) in [6.07, 6.45) is 6.09. The molecule has 0 bridgehead atoms. The average molecular weight is 393 g/mol. The molecule has 7 heteroatoms. The maximum Gasteiger partial charge on any atom is 0.191 e. The van der Waals surface area contributed by atoms with Gasteiger partial charge in [-0.25, -0.2) is 4.98 Å². The van der Waals surface area contributed by atoms with Gasteiger partial charge in [0.05, 0.1) is 30.7 Å². The van der Waals surface area contributed by atoms with Crippen molar-refractivity contribution in [1.29, 1.82) is 0 Å². The number of aliphatic imine (C=N–C) groups is 1. The third kappa shape index (κ3) is 4.86. The van der Waals surface area contributed by atoms with E-state index in [2.05, 4.69) is 48.7 Å². The van der Waals surface area contributed by atoms with Crippen LogP contribution in [0.25, 0.3) is 11.3 Å². The van der Waals surface area contributed by atoms with Crippen molar-refractivity contribution in [1.82, 2.24) is 25.5 Å². The van der Waals surface area contributed by atoms with E-state index in [4.69, 9.17) is 4.42 Å². The SMILES string of the molecule is CN=C(NCc1ncc(-c2ccccc2)[nH]1)NCC(c1ccco1)N1CCCC1. The van der Waals surface area contributed by atoms with Crippen molar-refractivity contribution in [3.63, 3.8) is 0 Å². The molecule has 3 aromatic rings. The van der Waals surface area contributed by atoms with E-state index >= 15 is 0 Å². The first-order valence-electron chi connectivity index (χ1n) is 10.1. The molecule has 0 radical (unpaired) electrons. The second kappa shape index (κ2) is 9.43. The number of furan rings is 1. The van der Waals surface area contributed by atoms with Crippen molar-refractivity contribution < 1.29 is 4.42 Å². The van der Waals surface area contributed by atoms with E-state index in [1.165, 1.54) is 12.8 Å². The van der Waals surface area contributed by atoms with Crippen LogP contribution < -0.4 is 10.6 Å². The highest BCUT2D eigenvalue weighted by Gasteiger charge is 2.25. The molecule has 0 aliphatic carbocycles. The molecule has 2 aromatic heterocycles. The number of hydrogen-bond acceptors (Lipinski definition) is 4. The minimum absolute atomic E-state index is 0.208. The molecule has 1 aliphatic heterocycles. The Morgan fingerprint density at radius 1 is 1.17 bits per heavy atom. The molecule has 152 valence electrons. The van der Waals surface area contributed by atoms with Crippen LogP contribution in [-0.4, -0.2) is 47.5 Å². The van der Waals surface area contributed by atoms with Crippen LogP contribution in [0.15, 0.2) is 64.3 Å². The first-order chi connectivity index (χ1) is 14.3. The van der Waals surface area contributed by atoms with E-state index in [9.17, 15) is 0 Å². The first kappa shape index (κ1) is 19.3. The summed E-state index contributed by atoms with van der Waals surface area (Å²) in [5, 5.41) is 6.78. The number of aromatic amines is 1. The molecule has 0 amide bonds. The number of nitrogens with one attached hydrogen (secondary N) is 3. The van der Waals surface area contributed by atoms with E-state index in [1.54, 1.807) is 13.3 Å². The molecule has 0 spiro atoms. The molecule has 1 fully saturated rings. The molecule has 4 rings (SSSR count). The van der Waals surface area contributed by atoms with Gasteiger partial charge in [-0.2, -0.15) is 0 Å². The van der Waals surface area contributed by atoms with Gasteiger partial charge in [-0.3, -0.25) is 9.89 Å². The van der Waals surface area contributed by atoms with E-state index in [1.807, 2.05) is 30.5 Å². The molecule has 1 saturated heterocycles. The summed E-state index contributed by atoms with van der Waals surface area (Å²) in [6, 6.07) is 14.4. The third-order valence-electron chi connectivity index (χ3n) is 5.28. The molecule has 3 heterocycles. The smallest absolute Gasteiger partial charge is 0.191 e. The molecule has 7 nitrogen and oxygen atoms in total. The number of rotatable bonds is 7. The van der Waals surface area contributed by atoms with E-state index in [-0.39, 0.29) is 6.04 Å². The number of likely N-dealkylation sites (tertiary alicyclic amines) is 1. The Morgan fingerprint density at radius 3 is 2.72 bits per heavy atom. The monoisotopic (exact) mass is 392 g/mol. The van der Waals surface area contributed by atoms with Crippen LogP contribution >= 0.6 is 0 Å². The summed E-state index contributed by atoms with van der Waals surface area (Å²) in [5.74, 6) is 2.61. The molecule has 1 aliphatic rings. The fourth-order valence-corrected chi connectivity index (χ4v) is 3.74. The van der Waals surface area contributed by atoms with Crippen LogP contribution in [0.3, 0.4) is 0 Å². The molecular formula is C22H28N6O. The number of aromatic nitrogens is 2. The van der Waals surface area contributed by atoms with Gasteiger partial charge in [-0.05, 0) is 43.6 Å². The predicted molar refractivity (Wildman–Crippen MR) is 114 cm³/mol. The normalized spacial score (nSPS) is 16.1. The third-order valence-corrected chi connectivity index (χ3v) is 5.28. The van der Waals surface area contributed by atoms with Crippen LogP contribution in [0.4, 0.5) is 0 Å². The van der Waals surface area contributed by atoms with Gasteiger partial charge in [0, 0.05) is 13.6 Å². The number of imidazole rings is 1. The van der Waals surface area contributed by atoms with Crippen molar-refractivity contribution in [3.05, 3.63) is 66.5 Å². The van der Waals surface area contributed by atoms with Crippen LogP contribution in [-0.2, 0) is 6.54 Å². The summed E-state index contributed by atoms with van der Waals surface area (Å²) < 4.78 is 5.69. The van der Waals surface area contributed by atoms with E-state index < -0.39 is 0 Å². The quantitative estimate of drug-likeness (QED) is 0.425.